The molecule has 2 aromatic heterocycles. The lowest BCUT2D eigenvalue weighted by atomic mass is 10.1. The fourth-order valence-corrected chi connectivity index (χ4v) is 4.90. The maximum Gasteiger partial charge on any atom is 0.253 e. The molecule has 0 aliphatic carbocycles. The highest BCUT2D eigenvalue weighted by molar-refractivity contribution is 6.31. The molecular formula is C26H25ClFN5O3. The molecule has 186 valence electrons. The van der Waals surface area contributed by atoms with Crippen LogP contribution in [0.5, 0.6) is 5.75 Å². The van der Waals surface area contributed by atoms with Crippen molar-refractivity contribution in [3.8, 4) is 17.0 Å². The number of carbonyl (C=O) groups excluding carboxylic acids is 2. The van der Waals surface area contributed by atoms with Crippen molar-refractivity contribution in [2.45, 2.75) is 25.3 Å². The van der Waals surface area contributed by atoms with Crippen molar-refractivity contribution in [1.82, 2.24) is 19.9 Å². The second-order valence-electron chi connectivity index (χ2n) is 8.66. The van der Waals surface area contributed by atoms with Gasteiger partial charge in [-0.25, -0.2) is 4.39 Å². The van der Waals surface area contributed by atoms with Crippen LogP contribution >= 0.6 is 11.6 Å². The van der Waals surface area contributed by atoms with E-state index in [4.69, 9.17) is 16.3 Å². The number of aromatic nitrogens is 2. The maximum atomic E-state index is 14.8. The molecular weight excluding hydrogens is 485 g/mol. The fraction of sp³-hybridized carbons (Fsp3) is 0.269. The SMILES string of the molecule is C=CC(=O)N1CCC[C@H]1COc1cnccc1-c1cc2c(n1Nc1cccc(Cl)c1F)CCNC2=O. The summed E-state index contributed by atoms with van der Waals surface area (Å²) in [5, 5.41) is 2.84. The Morgan fingerprint density at radius 3 is 3.06 bits per heavy atom. The molecule has 1 saturated heterocycles. The van der Waals surface area contributed by atoms with Gasteiger partial charge in [0, 0.05) is 31.3 Å². The molecule has 0 bridgehead atoms. The van der Waals surface area contributed by atoms with Crippen molar-refractivity contribution in [2.24, 2.45) is 0 Å². The number of rotatable bonds is 7. The topological polar surface area (TPSA) is 88.5 Å². The number of nitrogens with zero attached hydrogens (tertiary/aromatic N) is 3. The van der Waals surface area contributed by atoms with E-state index in [-0.39, 0.29) is 35.2 Å². The molecule has 0 saturated carbocycles. The van der Waals surface area contributed by atoms with Crippen LogP contribution in [0.4, 0.5) is 10.1 Å². The van der Waals surface area contributed by atoms with Gasteiger partial charge in [-0.3, -0.25) is 24.7 Å². The van der Waals surface area contributed by atoms with Gasteiger partial charge in [0.1, 0.15) is 12.4 Å². The second kappa shape index (κ2) is 10.0. The van der Waals surface area contributed by atoms with E-state index in [9.17, 15) is 14.0 Å². The van der Waals surface area contributed by atoms with Crippen LogP contribution in [0.25, 0.3) is 11.3 Å². The van der Waals surface area contributed by atoms with Crippen LogP contribution in [0, 0.1) is 5.82 Å². The summed E-state index contributed by atoms with van der Waals surface area (Å²) in [5.74, 6) is -0.425. The summed E-state index contributed by atoms with van der Waals surface area (Å²) in [5.41, 5.74) is 5.76. The largest absolute Gasteiger partial charge is 0.489 e. The molecule has 1 atom stereocenters. The van der Waals surface area contributed by atoms with E-state index in [1.165, 1.54) is 12.1 Å². The first-order valence-corrected chi connectivity index (χ1v) is 12.1. The smallest absolute Gasteiger partial charge is 0.253 e. The van der Waals surface area contributed by atoms with Crippen LogP contribution in [0.2, 0.25) is 5.02 Å². The monoisotopic (exact) mass is 509 g/mol. The molecule has 0 radical (unpaired) electrons. The molecule has 2 amide bonds. The van der Waals surface area contributed by atoms with Crippen LogP contribution < -0.4 is 15.5 Å². The molecule has 2 N–H and O–H groups in total. The highest BCUT2D eigenvalue weighted by atomic mass is 35.5. The number of pyridine rings is 1. The number of halogens is 2. The van der Waals surface area contributed by atoms with Crippen LogP contribution in [0.15, 0.2) is 55.4 Å². The number of fused-ring (bicyclic) bond motifs is 1. The van der Waals surface area contributed by atoms with Crippen LogP contribution in [0.3, 0.4) is 0 Å². The summed E-state index contributed by atoms with van der Waals surface area (Å²) < 4.78 is 22.7. The van der Waals surface area contributed by atoms with E-state index in [1.807, 2.05) is 0 Å². The van der Waals surface area contributed by atoms with Crippen molar-refractivity contribution in [1.29, 1.82) is 0 Å². The maximum absolute atomic E-state index is 14.8. The molecule has 1 fully saturated rings. The molecule has 3 aromatic rings. The molecule has 0 unspecified atom stereocenters. The predicted molar refractivity (Wildman–Crippen MR) is 135 cm³/mol. The van der Waals surface area contributed by atoms with Crippen molar-refractivity contribution >= 4 is 29.1 Å². The van der Waals surface area contributed by atoms with Gasteiger partial charge in [0.15, 0.2) is 5.82 Å². The quantitative estimate of drug-likeness (QED) is 0.469. The van der Waals surface area contributed by atoms with Gasteiger partial charge < -0.3 is 15.0 Å². The zero-order chi connectivity index (χ0) is 25.2. The number of likely N-dealkylation sites (tertiary alicyclic amines) is 1. The first-order chi connectivity index (χ1) is 17.5. The molecule has 2 aliphatic rings. The Kier molecular flexibility index (Phi) is 6.65. The van der Waals surface area contributed by atoms with E-state index in [1.54, 1.807) is 46.2 Å². The van der Waals surface area contributed by atoms with E-state index in [0.717, 1.165) is 18.5 Å². The van der Waals surface area contributed by atoms with Crippen molar-refractivity contribution in [3.05, 3.63) is 77.5 Å². The Morgan fingerprint density at radius 2 is 2.22 bits per heavy atom. The number of carbonyl (C=O) groups is 2. The number of hydrogen-bond donors (Lipinski definition) is 2. The van der Waals surface area contributed by atoms with E-state index in [0.29, 0.717) is 42.1 Å². The third-order valence-corrected chi connectivity index (χ3v) is 6.80. The van der Waals surface area contributed by atoms with Crippen LogP contribution in [0.1, 0.15) is 28.9 Å². The first-order valence-electron chi connectivity index (χ1n) is 11.7. The molecule has 4 heterocycles. The average molecular weight is 510 g/mol. The standard InChI is InChI=1S/C26H25ClFN5O3/c1-2-24(34)32-12-4-5-16(32)15-36-23-14-29-10-8-17(23)22-13-18-21(9-11-30-26(18)35)33(22)31-20-7-3-6-19(27)25(20)28/h2-3,6-8,10,13-14,16,31H,1,4-5,9,11-12,15H2,(H,30,35)/t16-/m0/s1. The first kappa shape index (κ1) is 23.9. The van der Waals surface area contributed by atoms with Crippen molar-refractivity contribution in [2.75, 3.05) is 25.1 Å². The average Bonchev–Trinajstić information content (AvgIpc) is 3.51. The Bertz CT molecular complexity index is 1340. The molecule has 0 spiro atoms. The zero-order valence-electron chi connectivity index (χ0n) is 19.5. The molecule has 5 rings (SSSR count). The summed E-state index contributed by atoms with van der Waals surface area (Å²) in [7, 11) is 0. The number of anilines is 1. The minimum absolute atomic E-state index is 0.0107. The van der Waals surface area contributed by atoms with Gasteiger partial charge in [-0.2, -0.15) is 0 Å². The van der Waals surface area contributed by atoms with Gasteiger partial charge in [-0.05, 0) is 43.2 Å². The highest BCUT2D eigenvalue weighted by Crippen LogP contribution is 2.35. The summed E-state index contributed by atoms with van der Waals surface area (Å²) in [6.07, 6.45) is 6.82. The molecule has 2 aliphatic heterocycles. The third kappa shape index (κ3) is 4.42. The lowest BCUT2D eigenvalue weighted by molar-refractivity contribution is -0.127. The lowest BCUT2D eigenvalue weighted by Gasteiger charge is -2.24. The number of hydrogen-bond acceptors (Lipinski definition) is 5. The number of nitrogens with one attached hydrogen (secondary N) is 2. The van der Waals surface area contributed by atoms with Crippen LogP contribution in [-0.2, 0) is 11.2 Å². The Hall–Kier alpha value is -3.85. The van der Waals surface area contributed by atoms with Gasteiger partial charge in [0.25, 0.3) is 5.91 Å². The van der Waals surface area contributed by atoms with E-state index < -0.39 is 5.82 Å². The van der Waals surface area contributed by atoms with Gasteiger partial charge in [0.05, 0.1) is 39.9 Å². The third-order valence-electron chi connectivity index (χ3n) is 6.51. The van der Waals surface area contributed by atoms with Gasteiger partial charge in [-0.15, -0.1) is 0 Å². The van der Waals surface area contributed by atoms with Gasteiger partial charge in [-0.1, -0.05) is 24.2 Å². The lowest BCUT2D eigenvalue weighted by Crippen LogP contribution is -2.38. The molecule has 10 heteroatoms. The second-order valence-corrected chi connectivity index (χ2v) is 9.07. The van der Waals surface area contributed by atoms with E-state index in [2.05, 4.69) is 22.3 Å². The van der Waals surface area contributed by atoms with Gasteiger partial charge >= 0.3 is 0 Å². The zero-order valence-corrected chi connectivity index (χ0v) is 20.2. The van der Waals surface area contributed by atoms with Gasteiger partial charge in [0.2, 0.25) is 5.91 Å². The fourth-order valence-electron chi connectivity index (χ4n) is 4.73. The summed E-state index contributed by atoms with van der Waals surface area (Å²) >= 11 is 6.00. The summed E-state index contributed by atoms with van der Waals surface area (Å²) in [6.45, 7) is 5.00. The number of amides is 2. The van der Waals surface area contributed by atoms with Crippen molar-refractivity contribution < 1.29 is 18.7 Å². The minimum Gasteiger partial charge on any atom is -0.489 e. The number of ether oxygens (including phenoxy) is 1. The minimum atomic E-state index is -0.591. The summed E-state index contributed by atoms with van der Waals surface area (Å²) in [4.78, 5) is 30.8. The summed E-state index contributed by atoms with van der Waals surface area (Å²) in [6, 6.07) is 8.16. The Labute approximate surface area is 212 Å². The Morgan fingerprint density at radius 1 is 1.36 bits per heavy atom. The van der Waals surface area contributed by atoms with E-state index >= 15 is 0 Å². The highest BCUT2D eigenvalue weighted by Gasteiger charge is 2.29. The Balaban J connectivity index is 1.52. The van der Waals surface area contributed by atoms with Crippen LogP contribution in [-0.4, -0.2) is 52.1 Å². The normalized spacial score (nSPS) is 16.9. The molecule has 8 nitrogen and oxygen atoms in total. The number of benzene rings is 1. The van der Waals surface area contributed by atoms with Crippen molar-refractivity contribution in [3.63, 3.8) is 0 Å². The molecule has 36 heavy (non-hydrogen) atoms. The predicted octanol–water partition coefficient (Wildman–Crippen LogP) is 4.06. The molecule has 1 aromatic carbocycles.